The third kappa shape index (κ3) is 16.4. The van der Waals surface area contributed by atoms with E-state index in [-0.39, 0.29) is 13.0 Å². The molecule has 0 aromatic heterocycles. The summed E-state index contributed by atoms with van der Waals surface area (Å²) in [7, 11) is 0. The molecule has 48 heavy (non-hydrogen) atoms. The fourth-order valence-electron chi connectivity index (χ4n) is 3.99. The number of hydrogen-bond acceptors (Lipinski definition) is 13. The maximum atomic E-state index is 13.2. The Bertz CT molecular complexity index is 1140. The van der Waals surface area contributed by atoms with E-state index < -0.39 is 128 Å². The van der Waals surface area contributed by atoms with E-state index in [1.54, 1.807) is 0 Å². The number of aliphatic hydroxyl groups excluding tert-OH is 3. The fraction of sp³-hybridized carbons (Fsp3) is 0.704. The van der Waals surface area contributed by atoms with Crippen molar-refractivity contribution in [3.63, 3.8) is 0 Å². The van der Waals surface area contributed by atoms with Gasteiger partial charge in [-0.15, -0.1) is 0 Å². The van der Waals surface area contributed by atoms with E-state index >= 15 is 0 Å². The molecule has 274 valence electrons. The van der Waals surface area contributed by atoms with Crippen molar-refractivity contribution in [3.8, 4) is 0 Å². The van der Waals surface area contributed by atoms with Crippen molar-refractivity contribution in [3.05, 3.63) is 0 Å². The monoisotopic (exact) mass is 692 g/mol. The molecule has 0 bridgehead atoms. The lowest BCUT2D eigenvalue weighted by molar-refractivity contribution is -0.143. The van der Waals surface area contributed by atoms with E-state index in [1.807, 2.05) is 0 Å². The second kappa shape index (κ2) is 22.2. The molecule has 0 aliphatic rings. The van der Waals surface area contributed by atoms with Gasteiger partial charge in [0.2, 0.25) is 35.4 Å². The van der Waals surface area contributed by atoms with Crippen molar-refractivity contribution in [2.24, 2.45) is 17.2 Å². The van der Waals surface area contributed by atoms with Gasteiger partial charge in [0, 0.05) is 12.8 Å². The molecule has 16 N–H and O–H groups in total. The molecule has 0 aromatic carbocycles. The van der Waals surface area contributed by atoms with Gasteiger partial charge in [-0.2, -0.15) is 0 Å². The van der Waals surface area contributed by atoms with Crippen LogP contribution in [-0.2, 0) is 38.4 Å². The molecule has 0 rings (SSSR count). The Morgan fingerprint density at radius 2 is 1.10 bits per heavy atom. The van der Waals surface area contributed by atoms with E-state index in [0.29, 0.717) is 12.8 Å². The smallest absolute Gasteiger partial charge is 0.326 e. The Morgan fingerprint density at radius 3 is 1.56 bits per heavy atom. The third-order valence-corrected chi connectivity index (χ3v) is 6.85. The van der Waals surface area contributed by atoms with Crippen LogP contribution in [0.5, 0.6) is 0 Å². The fourth-order valence-corrected chi connectivity index (χ4v) is 3.99. The summed E-state index contributed by atoms with van der Waals surface area (Å²) >= 11 is 0. The molecule has 0 unspecified atom stereocenters. The average molecular weight is 693 g/mol. The van der Waals surface area contributed by atoms with Crippen molar-refractivity contribution in [1.29, 1.82) is 0 Å². The lowest BCUT2D eigenvalue weighted by atomic mass is 10.1. The molecule has 0 aliphatic heterocycles. The number of nitrogens with one attached hydrogen (secondary N) is 5. The van der Waals surface area contributed by atoms with Gasteiger partial charge in [-0.05, 0) is 52.5 Å². The Morgan fingerprint density at radius 1 is 0.625 bits per heavy atom. The van der Waals surface area contributed by atoms with Crippen LogP contribution < -0.4 is 43.8 Å². The summed E-state index contributed by atoms with van der Waals surface area (Å²) in [5.74, 6) is -9.19. The highest BCUT2D eigenvalue weighted by Gasteiger charge is 2.34. The number of primary amides is 1. The van der Waals surface area contributed by atoms with Crippen LogP contribution in [0, 0.1) is 0 Å². The molecular weight excluding hydrogens is 644 g/mol. The topological polar surface area (TPSA) is 376 Å². The summed E-state index contributed by atoms with van der Waals surface area (Å²) in [5, 5.41) is 58.9. The third-order valence-electron chi connectivity index (χ3n) is 6.85. The lowest BCUT2D eigenvalue weighted by Gasteiger charge is -2.27. The summed E-state index contributed by atoms with van der Waals surface area (Å²) in [4.78, 5) is 98.5. The highest BCUT2D eigenvalue weighted by Crippen LogP contribution is 2.06. The maximum absolute atomic E-state index is 13.2. The van der Waals surface area contributed by atoms with Crippen LogP contribution in [-0.4, -0.2) is 135 Å². The zero-order valence-electron chi connectivity index (χ0n) is 26.7. The number of carboxylic acids is 2. The first kappa shape index (κ1) is 43.6. The average Bonchev–Trinajstić information content (AvgIpc) is 3.00. The molecule has 0 saturated carbocycles. The van der Waals surface area contributed by atoms with E-state index in [2.05, 4.69) is 26.6 Å². The van der Waals surface area contributed by atoms with Crippen molar-refractivity contribution < 1.29 is 63.9 Å². The van der Waals surface area contributed by atoms with Crippen LogP contribution in [0.15, 0.2) is 0 Å². The number of carbonyl (C=O) groups excluding carboxylic acids is 6. The molecule has 0 radical (unpaired) electrons. The predicted octanol–water partition coefficient (Wildman–Crippen LogP) is -6.16. The van der Waals surface area contributed by atoms with Crippen molar-refractivity contribution in [2.45, 2.75) is 107 Å². The minimum atomic E-state index is -1.81. The van der Waals surface area contributed by atoms with E-state index in [1.165, 1.54) is 6.92 Å². The molecular formula is C27H48N8O13. The van der Waals surface area contributed by atoms with Gasteiger partial charge in [-0.3, -0.25) is 33.6 Å². The minimum absolute atomic E-state index is 0.00147. The van der Waals surface area contributed by atoms with Gasteiger partial charge >= 0.3 is 11.9 Å². The first-order chi connectivity index (χ1) is 22.4. The number of rotatable bonds is 24. The van der Waals surface area contributed by atoms with Gasteiger partial charge in [0.25, 0.3) is 0 Å². The summed E-state index contributed by atoms with van der Waals surface area (Å²) in [6.07, 6.45) is -4.14. The van der Waals surface area contributed by atoms with Gasteiger partial charge in [0.1, 0.15) is 36.3 Å². The Hall–Kier alpha value is -4.44. The zero-order valence-corrected chi connectivity index (χ0v) is 26.7. The van der Waals surface area contributed by atoms with Crippen LogP contribution >= 0.6 is 0 Å². The van der Waals surface area contributed by atoms with Crippen LogP contribution in [0.2, 0.25) is 0 Å². The van der Waals surface area contributed by atoms with E-state index in [0.717, 1.165) is 6.92 Å². The molecule has 0 aromatic rings. The predicted molar refractivity (Wildman–Crippen MR) is 164 cm³/mol. The molecule has 0 fully saturated rings. The summed E-state index contributed by atoms with van der Waals surface area (Å²) < 4.78 is 0. The molecule has 0 heterocycles. The van der Waals surface area contributed by atoms with E-state index in [9.17, 15) is 58.8 Å². The Labute approximate surface area is 275 Å². The Balaban J connectivity index is 5.93. The number of carboxylic acid groups (broad SMARTS) is 2. The lowest BCUT2D eigenvalue weighted by Crippen LogP contribution is -2.61. The molecule has 6 amide bonds. The number of nitrogens with two attached hydrogens (primary N) is 3. The highest BCUT2D eigenvalue weighted by molar-refractivity contribution is 5.96. The van der Waals surface area contributed by atoms with Gasteiger partial charge < -0.3 is 69.3 Å². The largest absolute Gasteiger partial charge is 0.481 e. The second-order valence-electron chi connectivity index (χ2n) is 11.0. The van der Waals surface area contributed by atoms with Gasteiger partial charge in [-0.1, -0.05) is 0 Å². The number of unbranched alkanes of at least 4 members (excludes halogenated alkanes) is 1. The first-order valence-electron chi connectivity index (χ1n) is 15.0. The molecule has 8 atom stereocenters. The van der Waals surface area contributed by atoms with Crippen LogP contribution in [0.3, 0.4) is 0 Å². The maximum Gasteiger partial charge on any atom is 0.326 e. The number of aliphatic hydroxyl groups is 3. The SMILES string of the molecule is C[C@@H](O)[C@H](N)C(=O)N[C@@H](CCC(=O)O)C(=O)N[C@@H](CO)C(=O)N[C@@H](CCC(N)=O)C(=O)N[C@H](C(=O)N[C@@H](CCCCN)C(=O)O)[C@@H](C)O. The van der Waals surface area contributed by atoms with Crippen LogP contribution in [0.25, 0.3) is 0 Å². The van der Waals surface area contributed by atoms with Gasteiger partial charge in [-0.25, -0.2) is 4.79 Å². The molecule has 21 heteroatoms. The zero-order chi connectivity index (χ0) is 37.1. The summed E-state index contributed by atoms with van der Waals surface area (Å²) in [6.45, 7) is 1.53. The van der Waals surface area contributed by atoms with Gasteiger partial charge in [0.05, 0.1) is 18.8 Å². The quantitative estimate of drug-likeness (QED) is 0.0419. The van der Waals surface area contributed by atoms with Crippen LogP contribution in [0.1, 0.15) is 58.8 Å². The van der Waals surface area contributed by atoms with Crippen molar-refractivity contribution in [2.75, 3.05) is 13.2 Å². The molecule has 0 spiro atoms. The minimum Gasteiger partial charge on any atom is -0.481 e. The Kier molecular flexibility index (Phi) is 20.1. The number of amides is 6. The standard InChI is InChI=1S/C27H48N8O13/c1-12(37)20(30)25(45)32-15(7-9-19(40)41)22(42)34-17(11-36)24(44)31-14(6-8-18(29)39)23(43)35-21(13(2)38)26(46)33-16(27(47)48)5-3-4-10-28/h12-17,20-21,36-38H,3-11,28,30H2,1-2H3,(H2,29,39)(H,31,44)(H,32,45)(H,33,46)(H,34,42)(H,35,43)(H,40,41)(H,47,48)/t12-,13-,14+,15+,16+,17+,20+,21+/m1/s1. The first-order valence-corrected chi connectivity index (χ1v) is 15.0. The number of hydrogen-bond donors (Lipinski definition) is 13. The number of aliphatic carboxylic acids is 2. The molecule has 0 saturated heterocycles. The van der Waals surface area contributed by atoms with Gasteiger partial charge in [0.15, 0.2) is 0 Å². The van der Waals surface area contributed by atoms with Crippen molar-refractivity contribution in [1.82, 2.24) is 26.6 Å². The molecule has 21 nitrogen and oxygen atoms in total. The molecule has 0 aliphatic carbocycles. The summed E-state index contributed by atoms with van der Waals surface area (Å²) in [5.41, 5.74) is 16.1. The van der Waals surface area contributed by atoms with Crippen LogP contribution in [0.4, 0.5) is 0 Å². The summed E-state index contributed by atoms with van der Waals surface area (Å²) in [6, 6.07) is -9.67. The second-order valence-corrected chi connectivity index (χ2v) is 11.0. The highest BCUT2D eigenvalue weighted by atomic mass is 16.4. The van der Waals surface area contributed by atoms with E-state index in [4.69, 9.17) is 22.3 Å². The number of carbonyl (C=O) groups is 8. The van der Waals surface area contributed by atoms with Crippen molar-refractivity contribution >= 4 is 47.4 Å². The normalized spacial score (nSPS) is 16.0.